The van der Waals surface area contributed by atoms with Gasteiger partial charge in [0.05, 0.1) is 39.9 Å². The highest BCUT2D eigenvalue weighted by molar-refractivity contribution is 7.18. The third-order valence-corrected chi connectivity index (χ3v) is 6.90. The van der Waals surface area contributed by atoms with Crippen molar-refractivity contribution < 1.29 is 4.57 Å². The van der Waals surface area contributed by atoms with Crippen molar-refractivity contribution in [3.05, 3.63) is 58.6 Å². The number of hydrogen-bond acceptors (Lipinski definition) is 5. The lowest BCUT2D eigenvalue weighted by Crippen LogP contribution is -2.34. The van der Waals surface area contributed by atoms with Crippen LogP contribution in [0.5, 0.6) is 0 Å². The summed E-state index contributed by atoms with van der Waals surface area (Å²) in [6.45, 7) is 7.18. The van der Waals surface area contributed by atoms with Gasteiger partial charge in [-0.05, 0) is 39.0 Å². The summed E-state index contributed by atoms with van der Waals surface area (Å²) in [5.74, 6) is 1.15. The number of aryl methyl sites for hydroxylation is 3. The van der Waals surface area contributed by atoms with E-state index >= 15 is 0 Å². The van der Waals surface area contributed by atoms with Gasteiger partial charge in [0.2, 0.25) is 5.52 Å². The van der Waals surface area contributed by atoms with Gasteiger partial charge in [0.25, 0.3) is 5.01 Å². The summed E-state index contributed by atoms with van der Waals surface area (Å²) in [5.41, 5.74) is 7.46. The van der Waals surface area contributed by atoms with Gasteiger partial charge in [0.1, 0.15) is 17.1 Å². The van der Waals surface area contributed by atoms with Crippen LogP contribution in [0.25, 0.3) is 27.3 Å². The summed E-state index contributed by atoms with van der Waals surface area (Å²) < 4.78 is 3.69. The lowest BCUT2D eigenvalue weighted by Gasteiger charge is -2.17. The maximum Gasteiger partial charge on any atom is 0.266 e. The molecule has 0 unspecified atom stereocenters. The minimum Gasteiger partial charge on any atom is -0.329 e. The fourth-order valence-corrected chi connectivity index (χ4v) is 5.21. The molecule has 5 nitrogen and oxygen atoms in total. The fraction of sp³-hybridized carbons (Fsp3) is 0.261. The summed E-state index contributed by atoms with van der Waals surface area (Å²) in [6.07, 6.45) is 2.29. The molecule has 1 aliphatic heterocycles. The number of fused-ring (bicyclic) bond motifs is 3. The Morgan fingerprint density at radius 2 is 1.55 bits per heavy atom. The Morgan fingerprint density at radius 1 is 0.966 bits per heavy atom. The topological polar surface area (TPSA) is 36.1 Å². The highest BCUT2D eigenvalue weighted by atomic mass is 32.1. The first-order chi connectivity index (χ1) is 14.0. The minimum atomic E-state index is 0.943. The van der Waals surface area contributed by atoms with E-state index in [0.29, 0.717) is 0 Å². The van der Waals surface area contributed by atoms with E-state index in [-0.39, 0.29) is 0 Å². The van der Waals surface area contributed by atoms with Gasteiger partial charge in [-0.25, -0.2) is 9.97 Å². The van der Waals surface area contributed by atoms with Crippen molar-refractivity contribution in [2.24, 2.45) is 0 Å². The van der Waals surface area contributed by atoms with Crippen molar-refractivity contribution >= 4 is 50.0 Å². The normalized spacial score (nSPS) is 13.6. The van der Waals surface area contributed by atoms with E-state index in [2.05, 4.69) is 77.9 Å². The molecule has 3 heterocycles. The predicted molar refractivity (Wildman–Crippen MR) is 121 cm³/mol. The molecule has 146 valence electrons. The number of thiazole rings is 1. The molecule has 1 aliphatic rings. The number of rotatable bonds is 2. The van der Waals surface area contributed by atoms with E-state index in [9.17, 15) is 0 Å². The van der Waals surface area contributed by atoms with E-state index in [0.717, 1.165) is 46.2 Å². The zero-order valence-corrected chi connectivity index (χ0v) is 18.2. The van der Waals surface area contributed by atoms with Gasteiger partial charge in [-0.2, -0.15) is 4.57 Å². The molecule has 2 aromatic heterocycles. The van der Waals surface area contributed by atoms with E-state index in [1.54, 1.807) is 0 Å². The monoisotopic (exact) mass is 402 g/mol. The number of anilines is 2. The van der Waals surface area contributed by atoms with Crippen LogP contribution in [-0.4, -0.2) is 24.1 Å². The third kappa shape index (κ3) is 2.70. The standard InChI is InChI=1S/C23H24N5S/c1-6-28-18-9-7-8-10-21(18)29-23(28)13-22-26(4)19-11-16-17(12-20(19)27(22)5)25-15(3)14(2)24-16/h7-13H,6H2,1-5H3/q+1. The lowest BCUT2D eigenvalue weighted by atomic mass is 10.2. The molecule has 5 rings (SSSR count). The molecule has 0 bridgehead atoms. The highest BCUT2D eigenvalue weighted by Gasteiger charge is 2.29. The Labute approximate surface area is 174 Å². The quantitative estimate of drug-likeness (QED) is 0.457. The Kier molecular flexibility index (Phi) is 4.06. The van der Waals surface area contributed by atoms with E-state index < -0.39 is 0 Å². The lowest BCUT2D eigenvalue weighted by molar-refractivity contribution is -0.665. The van der Waals surface area contributed by atoms with Crippen molar-refractivity contribution in [1.29, 1.82) is 0 Å². The van der Waals surface area contributed by atoms with Crippen LogP contribution in [0.2, 0.25) is 0 Å². The van der Waals surface area contributed by atoms with Crippen molar-refractivity contribution in [1.82, 2.24) is 9.97 Å². The van der Waals surface area contributed by atoms with Crippen molar-refractivity contribution in [2.75, 3.05) is 23.9 Å². The average molecular weight is 403 g/mol. The van der Waals surface area contributed by atoms with Gasteiger partial charge in [0.15, 0.2) is 0 Å². The summed E-state index contributed by atoms with van der Waals surface area (Å²) >= 11 is 1.83. The van der Waals surface area contributed by atoms with E-state index in [1.165, 1.54) is 15.2 Å². The molecule has 0 fully saturated rings. The van der Waals surface area contributed by atoms with Crippen LogP contribution in [0.15, 0.2) is 42.2 Å². The van der Waals surface area contributed by atoms with Crippen LogP contribution in [0.4, 0.5) is 11.4 Å². The molecule has 29 heavy (non-hydrogen) atoms. The first-order valence-electron chi connectivity index (χ1n) is 9.87. The molecule has 0 saturated heterocycles. The summed E-state index contributed by atoms with van der Waals surface area (Å²) in [7, 11) is 4.25. The zero-order valence-electron chi connectivity index (χ0n) is 17.4. The van der Waals surface area contributed by atoms with E-state index in [4.69, 9.17) is 9.97 Å². The number of nitrogens with zero attached hydrogens (tertiary/aromatic N) is 5. The van der Waals surface area contributed by atoms with E-state index in [1.807, 2.05) is 25.2 Å². The van der Waals surface area contributed by atoms with Crippen molar-refractivity contribution in [3.63, 3.8) is 0 Å². The molecule has 4 aromatic rings. The average Bonchev–Trinajstić information content (AvgIpc) is 3.18. The zero-order chi connectivity index (χ0) is 20.3. The predicted octanol–water partition coefficient (Wildman–Crippen LogP) is 4.65. The maximum atomic E-state index is 4.75. The molecule has 0 saturated carbocycles. The summed E-state index contributed by atoms with van der Waals surface area (Å²) in [5, 5.41) is 1.25. The minimum absolute atomic E-state index is 0.943. The Balaban J connectivity index is 1.66. The van der Waals surface area contributed by atoms with Crippen LogP contribution in [-0.2, 0) is 6.54 Å². The summed E-state index contributed by atoms with van der Waals surface area (Å²) in [6, 6.07) is 12.9. The molecule has 0 atom stereocenters. The first-order valence-corrected chi connectivity index (χ1v) is 10.7. The van der Waals surface area contributed by atoms with Gasteiger partial charge in [-0.3, -0.25) is 0 Å². The molecular weight excluding hydrogens is 378 g/mol. The Hall–Kier alpha value is -2.99. The fourth-order valence-electron chi connectivity index (χ4n) is 4.06. The molecule has 0 spiro atoms. The van der Waals surface area contributed by atoms with Crippen LogP contribution >= 0.6 is 11.3 Å². The van der Waals surface area contributed by atoms with Crippen LogP contribution < -0.4 is 14.4 Å². The van der Waals surface area contributed by atoms with Gasteiger partial charge in [-0.1, -0.05) is 23.5 Å². The number of para-hydroxylation sites is 1. The Bertz CT molecular complexity index is 1250. The second-order valence-electron chi connectivity index (χ2n) is 7.50. The smallest absolute Gasteiger partial charge is 0.266 e. The molecule has 0 aliphatic carbocycles. The molecular formula is C23H24N5S+. The molecule has 0 radical (unpaired) electrons. The largest absolute Gasteiger partial charge is 0.329 e. The highest BCUT2D eigenvalue weighted by Crippen LogP contribution is 2.42. The number of hydrogen-bond donors (Lipinski definition) is 0. The second-order valence-corrected chi connectivity index (χ2v) is 8.56. The first kappa shape index (κ1) is 18.1. The van der Waals surface area contributed by atoms with Crippen LogP contribution in [0.3, 0.4) is 0 Å². The second kappa shape index (κ2) is 6.52. The third-order valence-electron chi connectivity index (χ3n) is 5.79. The number of benzene rings is 2. The summed E-state index contributed by atoms with van der Waals surface area (Å²) in [4.78, 5) is 14.0. The molecule has 0 N–H and O–H groups in total. The van der Waals surface area contributed by atoms with Gasteiger partial charge >= 0.3 is 0 Å². The van der Waals surface area contributed by atoms with Crippen LogP contribution in [0, 0.1) is 13.8 Å². The van der Waals surface area contributed by atoms with Crippen molar-refractivity contribution in [3.8, 4) is 0 Å². The molecule has 2 aromatic carbocycles. The van der Waals surface area contributed by atoms with Gasteiger partial charge < -0.3 is 9.80 Å². The molecule has 6 heteroatoms. The van der Waals surface area contributed by atoms with Crippen LogP contribution in [0.1, 0.15) is 23.3 Å². The SMILES string of the molecule is CC[n+]1c(C=C2N(C)c3cc4nc(C)c(C)nc4cc3N2C)sc2ccccc21. The Morgan fingerprint density at radius 3 is 2.14 bits per heavy atom. The van der Waals surface area contributed by atoms with Gasteiger partial charge in [-0.15, -0.1) is 0 Å². The molecule has 0 amide bonds. The maximum absolute atomic E-state index is 4.75. The van der Waals surface area contributed by atoms with Gasteiger partial charge in [0, 0.05) is 20.2 Å². The number of aromatic nitrogens is 3. The van der Waals surface area contributed by atoms with Crippen molar-refractivity contribution in [2.45, 2.75) is 27.3 Å².